The van der Waals surface area contributed by atoms with Crippen LogP contribution in [0.5, 0.6) is 0 Å². The SMILES string of the molecule is C=CC[C@@H](NN1C(=O)OC[C@@H]1Cc1ccccc1)c1ccccc1. The third-order valence-corrected chi connectivity index (χ3v) is 4.17. The average Bonchev–Trinajstić information content (AvgIpc) is 2.96. The van der Waals surface area contributed by atoms with Crippen LogP contribution in [0.2, 0.25) is 0 Å². The second-order valence-corrected chi connectivity index (χ2v) is 5.91. The smallest absolute Gasteiger partial charge is 0.424 e. The molecule has 1 N–H and O–H groups in total. The highest BCUT2D eigenvalue weighted by molar-refractivity contribution is 5.69. The summed E-state index contributed by atoms with van der Waals surface area (Å²) in [5, 5.41) is 1.63. The molecule has 1 aliphatic heterocycles. The highest BCUT2D eigenvalue weighted by atomic mass is 16.6. The lowest BCUT2D eigenvalue weighted by atomic mass is 10.0. The van der Waals surface area contributed by atoms with E-state index in [0.717, 1.165) is 18.4 Å². The summed E-state index contributed by atoms with van der Waals surface area (Å²) in [5.74, 6) is 0. The minimum absolute atomic E-state index is 0.00683. The molecule has 0 aliphatic carbocycles. The third-order valence-electron chi connectivity index (χ3n) is 4.17. The molecule has 4 heteroatoms. The number of nitrogens with one attached hydrogen (secondary N) is 1. The van der Waals surface area contributed by atoms with Crippen LogP contribution in [0.1, 0.15) is 23.6 Å². The van der Waals surface area contributed by atoms with Gasteiger partial charge in [0.1, 0.15) is 6.61 Å². The Kier molecular flexibility index (Phi) is 5.29. The number of carbonyl (C=O) groups is 1. The fourth-order valence-corrected chi connectivity index (χ4v) is 2.94. The predicted octanol–water partition coefficient (Wildman–Crippen LogP) is 3.87. The van der Waals surface area contributed by atoms with Gasteiger partial charge in [0.2, 0.25) is 0 Å². The fraction of sp³-hybridized carbons (Fsp3) is 0.250. The van der Waals surface area contributed by atoms with Crippen molar-refractivity contribution in [1.82, 2.24) is 10.4 Å². The summed E-state index contributed by atoms with van der Waals surface area (Å²) in [6.07, 6.45) is 3.03. The van der Waals surface area contributed by atoms with Crippen LogP contribution in [0.25, 0.3) is 0 Å². The first-order valence-corrected chi connectivity index (χ1v) is 8.20. The molecule has 0 radical (unpaired) electrons. The molecule has 124 valence electrons. The molecule has 3 rings (SSSR count). The Morgan fingerprint density at radius 3 is 2.50 bits per heavy atom. The molecule has 0 unspecified atom stereocenters. The Balaban J connectivity index is 1.74. The van der Waals surface area contributed by atoms with Crippen LogP contribution in [0.3, 0.4) is 0 Å². The van der Waals surface area contributed by atoms with Crippen LogP contribution in [0.4, 0.5) is 4.79 Å². The van der Waals surface area contributed by atoms with Gasteiger partial charge >= 0.3 is 6.09 Å². The third kappa shape index (κ3) is 3.84. The van der Waals surface area contributed by atoms with Gasteiger partial charge in [-0.05, 0) is 24.0 Å². The monoisotopic (exact) mass is 322 g/mol. The standard InChI is InChI=1S/C20H22N2O2/c1-2-9-19(17-12-7-4-8-13-17)21-22-18(15-24-20(22)23)14-16-10-5-3-6-11-16/h2-8,10-13,18-19,21H,1,9,14-15H2/t18-,19+/m0/s1. The predicted molar refractivity (Wildman–Crippen MR) is 94.3 cm³/mol. The summed E-state index contributed by atoms with van der Waals surface area (Å²) in [4.78, 5) is 12.2. The van der Waals surface area contributed by atoms with E-state index >= 15 is 0 Å². The number of carbonyl (C=O) groups excluding carboxylic acids is 1. The number of benzene rings is 2. The van der Waals surface area contributed by atoms with E-state index in [1.807, 2.05) is 42.5 Å². The molecule has 1 heterocycles. The number of hydrogen-bond acceptors (Lipinski definition) is 3. The van der Waals surface area contributed by atoms with E-state index in [1.54, 1.807) is 5.01 Å². The van der Waals surface area contributed by atoms with E-state index in [-0.39, 0.29) is 18.2 Å². The van der Waals surface area contributed by atoms with Crippen LogP contribution < -0.4 is 5.43 Å². The number of ether oxygens (including phenoxy) is 1. The van der Waals surface area contributed by atoms with E-state index in [2.05, 4.69) is 36.3 Å². The van der Waals surface area contributed by atoms with Crippen molar-refractivity contribution in [2.45, 2.75) is 24.9 Å². The number of rotatable bonds is 7. The minimum Gasteiger partial charge on any atom is -0.446 e. The number of hydrogen-bond donors (Lipinski definition) is 1. The van der Waals surface area contributed by atoms with Gasteiger partial charge in [0, 0.05) is 0 Å². The first kappa shape index (κ1) is 16.3. The summed E-state index contributed by atoms with van der Waals surface area (Å²) in [5.41, 5.74) is 5.65. The summed E-state index contributed by atoms with van der Waals surface area (Å²) in [7, 11) is 0. The molecule has 1 fully saturated rings. The highest BCUT2D eigenvalue weighted by Crippen LogP contribution is 2.22. The zero-order chi connectivity index (χ0) is 16.8. The van der Waals surface area contributed by atoms with Crippen molar-refractivity contribution in [3.05, 3.63) is 84.4 Å². The van der Waals surface area contributed by atoms with E-state index in [1.165, 1.54) is 5.56 Å². The number of cyclic esters (lactones) is 1. The largest absolute Gasteiger partial charge is 0.446 e. The molecule has 1 aliphatic rings. The molecule has 2 aromatic rings. The van der Waals surface area contributed by atoms with Crippen molar-refractivity contribution < 1.29 is 9.53 Å². The lowest BCUT2D eigenvalue weighted by Crippen LogP contribution is -2.47. The van der Waals surface area contributed by atoms with Crippen LogP contribution in [-0.2, 0) is 11.2 Å². The van der Waals surface area contributed by atoms with Gasteiger partial charge in [-0.2, -0.15) is 0 Å². The molecule has 4 nitrogen and oxygen atoms in total. The first-order valence-electron chi connectivity index (χ1n) is 8.20. The van der Waals surface area contributed by atoms with Gasteiger partial charge in [0.15, 0.2) is 0 Å². The van der Waals surface area contributed by atoms with E-state index in [9.17, 15) is 4.79 Å². The van der Waals surface area contributed by atoms with Crippen LogP contribution >= 0.6 is 0 Å². The van der Waals surface area contributed by atoms with Gasteiger partial charge in [-0.1, -0.05) is 66.7 Å². The fourth-order valence-electron chi connectivity index (χ4n) is 2.94. The summed E-state index contributed by atoms with van der Waals surface area (Å²) >= 11 is 0. The van der Waals surface area contributed by atoms with E-state index < -0.39 is 0 Å². The summed E-state index contributed by atoms with van der Waals surface area (Å²) in [6, 6.07) is 20.2. The van der Waals surface area contributed by atoms with Crippen molar-refractivity contribution in [2.75, 3.05) is 6.61 Å². The highest BCUT2D eigenvalue weighted by Gasteiger charge is 2.34. The first-order chi connectivity index (χ1) is 11.8. The molecule has 1 saturated heterocycles. The Hall–Kier alpha value is -2.59. The molecule has 24 heavy (non-hydrogen) atoms. The Labute approximate surface area is 142 Å². The van der Waals surface area contributed by atoms with Crippen LogP contribution in [0, 0.1) is 0 Å². The molecular weight excluding hydrogens is 300 g/mol. The summed E-state index contributed by atoms with van der Waals surface area (Å²) < 4.78 is 5.26. The second-order valence-electron chi connectivity index (χ2n) is 5.91. The normalized spacial score (nSPS) is 18.2. The molecule has 0 saturated carbocycles. The average molecular weight is 322 g/mol. The second kappa shape index (κ2) is 7.79. The van der Waals surface area contributed by atoms with Gasteiger partial charge in [-0.15, -0.1) is 6.58 Å². The quantitative estimate of drug-likeness (QED) is 0.787. The van der Waals surface area contributed by atoms with Gasteiger partial charge < -0.3 is 4.74 Å². The van der Waals surface area contributed by atoms with Crippen LogP contribution in [0.15, 0.2) is 73.3 Å². The number of hydrazine groups is 1. The van der Waals surface area contributed by atoms with Crippen molar-refractivity contribution in [3.63, 3.8) is 0 Å². The maximum Gasteiger partial charge on any atom is 0.424 e. The van der Waals surface area contributed by atoms with E-state index in [4.69, 9.17) is 4.74 Å². The number of nitrogens with zero attached hydrogens (tertiary/aromatic N) is 1. The van der Waals surface area contributed by atoms with Crippen molar-refractivity contribution in [1.29, 1.82) is 0 Å². The Morgan fingerprint density at radius 2 is 1.83 bits per heavy atom. The molecule has 2 atom stereocenters. The van der Waals surface area contributed by atoms with Crippen LogP contribution in [-0.4, -0.2) is 23.8 Å². The maximum absolute atomic E-state index is 12.2. The zero-order valence-electron chi connectivity index (χ0n) is 13.6. The lowest BCUT2D eigenvalue weighted by Gasteiger charge is -2.28. The summed E-state index contributed by atoms with van der Waals surface area (Å²) in [6.45, 7) is 4.23. The Morgan fingerprint density at radius 1 is 1.17 bits per heavy atom. The van der Waals surface area contributed by atoms with E-state index in [0.29, 0.717) is 6.61 Å². The van der Waals surface area contributed by atoms with Crippen molar-refractivity contribution in [2.24, 2.45) is 0 Å². The van der Waals surface area contributed by atoms with Crippen molar-refractivity contribution >= 4 is 6.09 Å². The maximum atomic E-state index is 12.2. The minimum atomic E-state index is -0.319. The molecule has 0 bridgehead atoms. The number of amides is 1. The molecule has 2 aromatic carbocycles. The van der Waals surface area contributed by atoms with Crippen molar-refractivity contribution in [3.8, 4) is 0 Å². The van der Waals surface area contributed by atoms with Gasteiger partial charge in [-0.3, -0.25) is 0 Å². The molecular formula is C20H22N2O2. The van der Waals surface area contributed by atoms with Gasteiger partial charge in [0.25, 0.3) is 0 Å². The Bertz CT molecular complexity index is 673. The topological polar surface area (TPSA) is 41.6 Å². The lowest BCUT2D eigenvalue weighted by molar-refractivity contribution is 0.130. The zero-order valence-corrected chi connectivity index (χ0v) is 13.6. The van der Waals surface area contributed by atoms with Gasteiger partial charge in [0.05, 0.1) is 12.1 Å². The molecule has 0 spiro atoms. The molecule has 0 aromatic heterocycles. The molecule has 1 amide bonds. The van der Waals surface area contributed by atoms with Gasteiger partial charge in [-0.25, -0.2) is 15.2 Å².